The second-order valence-corrected chi connectivity index (χ2v) is 8.50. The molecule has 1 aliphatic carbocycles. The molecule has 0 radical (unpaired) electrons. The van der Waals surface area contributed by atoms with Crippen LogP contribution in [-0.2, 0) is 4.74 Å². The van der Waals surface area contributed by atoms with Crippen molar-refractivity contribution in [1.29, 1.82) is 0 Å². The van der Waals surface area contributed by atoms with Crippen molar-refractivity contribution in [3.8, 4) is 0 Å². The zero-order chi connectivity index (χ0) is 19.8. The zero-order valence-electron chi connectivity index (χ0n) is 17.8. The van der Waals surface area contributed by atoms with Gasteiger partial charge in [0.25, 0.3) is 0 Å². The summed E-state index contributed by atoms with van der Waals surface area (Å²) in [6.45, 7) is 11.1. The van der Waals surface area contributed by atoms with E-state index in [4.69, 9.17) is 4.74 Å². The molecular weight excluding hydrogens is 334 g/mol. The first-order chi connectivity index (χ1) is 13.0. The zero-order valence-corrected chi connectivity index (χ0v) is 17.8. The molecule has 3 atom stereocenters. The highest BCUT2D eigenvalue weighted by atomic mass is 16.5. The van der Waals surface area contributed by atoms with E-state index >= 15 is 0 Å². The van der Waals surface area contributed by atoms with E-state index in [9.17, 15) is 4.79 Å². The molecule has 0 aromatic carbocycles. The normalized spacial score (nSPS) is 23.5. The van der Waals surface area contributed by atoms with Crippen LogP contribution in [0.1, 0.15) is 95.5 Å². The van der Waals surface area contributed by atoms with Crippen LogP contribution >= 0.6 is 0 Å². The topological polar surface area (TPSA) is 39.2 Å². The van der Waals surface area contributed by atoms with Crippen LogP contribution in [0.5, 0.6) is 0 Å². The molecule has 1 fully saturated rings. The van der Waals surface area contributed by atoms with Crippen molar-refractivity contribution in [2.24, 2.45) is 17.8 Å². The van der Waals surface area contributed by atoms with Gasteiger partial charge in [0.2, 0.25) is 0 Å². The number of carbonyl (C=O) groups is 1. The van der Waals surface area contributed by atoms with Gasteiger partial charge in [0, 0.05) is 12.4 Å². The molecule has 0 unspecified atom stereocenters. The first-order valence-electron chi connectivity index (χ1n) is 10.8. The molecule has 2 rings (SSSR count). The number of hydrogen-bond donors (Lipinski definition) is 0. The SMILES string of the molecule is CCC/C=C(\CCC)c1cncc(C(=O)O[C@@H]2C[C@H](C)CC[C@H]2C(C)C)c1. The van der Waals surface area contributed by atoms with Gasteiger partial charge in [-0.25, -0.2) is 4.79 Å². The van der Waals surface area contributed by atoms with Gasteiger partial charge in [-0.05, 0) is 60.6 Å². The lowest BCUT2D eigenvalue weighted by atomic mass is 9.75. The number of carbonyl (C=O) groups excluding carboxylic acids is 1. The van der Waals surface area contributed by atoms with E-state index in [2.05, 4.69) is 45.7 Å². The molecule has 1 heterocycles. The van der Waals surface area contributed by atoms with Gasteiger partial charge in [0.1, 0.15) is 6.10 Å². The minimum atomic E-state index is -0.222. The third kappa shape index (κ3) is 6.19. The van der Waals surface area contributed by atoms with Crippen molar-refractivity contribution in [3.63, 3.8) is 0 Å². The highest BCUT2D eigenvalue weighted by molar-refractivity contribution is 5.90. The van der Waals surface area contributed by atoms with Crippen molar-refractivity contribution in [2.75, 3.05) is 0 Å². The number of nitrogens with zero attached hydrogens (tertiary/aromatic N) is 1. The monoisotopic (exact) mass is 371 g/mol. The molecule has 3 nitrogen and oxygen atoms in total. The summed E-state index contributed by atoms with van der Waals surface area (Å²) in [5.74, 6) is 1.39. The van der Waals surface area contributed by atoms with Gasteiger partial charge in [-0.1, -0.05) is 60.0 Å². The third-order valence-corrected chi connectivity index (χ3v) is 5.76. The van der Waals surface area contributed by atoms with Gasteiger partial charge in [-0.15, -0.1) is 0 Å². The van der Waals surface area contributed by atoms with Crippen LogP contribution in [0, 0.1) is 17.8 Å². The average molecular weight is 372 g/mol. The fraction of sp³-hybridized carbons (Fsp3) is 0.667. The van der Waals surface area contributed by atoms with Gasteiger partial charge in [-0.3, -0.25) is 4.98 Å². The Morgan fingerprint density at radius 2 is 1.96 bits per heavy atom. The number of esters is 1. The summed E-state index contributed by atoms with van der Waals surface area (Å²) >= 11 is 0. The molecule has 0 spiro atoms. The largest absolute Gasteiger partial charge is 0.458 e. The second kappa shape index (κ2) is 10.6. The van der Waals surface area contributed by atoms with Crippen molar-refractivity contribution >= 4 is 11.5 Å². The number of unbranched alkanes of at least 4 members (excludes halogenated alkanes) is 1. The quantitative estimate of drug-likeness (QED) is 0.478. The summed E-state index contributed by atoms with van der Waals surface area (Å²) in [6.07, 6.45) is 13.4. The first kappa shape index (κ1) is 21.7. The van der Waals surface area contributed by atoms with Crippen LogP contribution in [0.4, 0.5) is 0 Å². The molecule has 150 valence electrons. The predicted octanol–water partition coefficient (Wildman–Crippen LogP) is 6.68. The second-order valence-electron chi connectivity index (χ2n) is 8.50. The standard InChI is InChI=1S/C24H37NO2/c1-6-8-10-19(9-7-2)20-14-21(16-25-15-20)24(26)27-23-13-18(5)11-12-22(23)17(3)4/h10,14-18,22-23H,6-9,11-13H2,1-5H3/b19-10+/t18-,22+,23-/m1/s1. The Labute approximate surface area is 165 Å². The van der Waals surface area contributed by atoms with E-state index in [1.54, 1.807) is 6.20 Å². The lowest BCUT2D eigenvalue weighted by Crippen LogP contribution is -2.35. The Kier molecular flexibility index (Phi) is 8.53. The molecule has 3 heteroatoms. The average Bonchev–Trinajstić information content (AvgIpc) is 2.65. The minimum Gasteiger partial charge on any atom is -0.458 e. The predicted molar refractivity (Wildman–Crippen MR) is 113 cm³/mol. The molecule has 1 aromatic heterocycles. The fourth-order valence-corrected chi connectivity index (χ4v) is 4.14. The number of ether oxygens (including phenoxy) is 1. The van der Waals surface area contributed by atoms with Crippen LogP contribution in [0.2, 0.25) is 0 Å². The molecule has 0 N–H and O–H groups in total. The Morgan fingerprint density at radius 1 is 1.22 bits per heavy atom. The number of pyridine rings is 1. The maximum Gasteiger partial charge on any atom is 0.340 e. The smallest absolute Gasteiger partial charge is 0.340 e. The highest BCUT2D eigenvalue weighted by Gasteiger charge is 2.33. The summed E-state index contributed by atoms with van der Waals surface area (Å²) in [4.78, 5) is 17.2. The molecular formula is C24H37NO2. The molecule has 0 bridgehead atoms. The van der Waals surface area contributed by atoms with Gasteiger partial charge in [0.15, 0.2) is 0 Å². The van der Waals surface area contributed by atoms with E-state index in [0.29, 0.717) is 23.3 Å². The summed E-state index contributed by atoms with van der Waals surface area (Å²) in [5, 5.41) is 0. The molecule has 0 aliphatic heterocycles. The number of allylic oxidation sites excluding steroid dienone is 2. The van der Waals surface area contributed by atoms with Crippen LogP contribution in [0.3, 0.4) is 0 Å². The van der Waals surface area contributed by atoms with Crippen molar-refractivity contribution < 1.29 is 9.53 Å². The Bertz CT molecular complexity index is 635. The maximum absolute atomic E-state index is 12.9. The maximum atomic E-state index is 12.9. The van der Waals surface area contributed by atoms with E-state index in [1.807, 2.05) is 12.3 Å². The van der Waals surface area contributed by atoms with Crippen molar-refractivity contribution in [1.82, 2.24) is 4.98 Å². The fourth-order valence-electron chi connectivity index (χ4n) is 4.14. The number of rotatable bonds is 8. The van der Waals surface area contributed by atoms with E-state index in [-0.39, 0.29) is 12.1 Å². The van der Waals surface area contributed by atoms with Crippen LogP contribution in [-0.4, -0.2) is 17.1 Å². The molecule has 1 aliphatic rings. The van der Waals surface area contributed by atoms with Crippen LogP contribution in [0.15, 0.2) is 24.5 Å². The van der Waals surface area contributed by atoms with Crippen LogP contribution < -0.4 is 0 Å². The highest BCUT2D eigenvalue weighted by Crippen LogP contribution is 2.35. The number of aromatic nitrogens is 1. The van der Waals surface area contributed by atoms with Crippen molar-refractivity contribution in [2.45, 2.75) is 85.7 Å². The lowest BCUT2D eigenvalue weighted by Gasteiger charge is -2.36. The lowest BCUT2D eigenvalue weighted by molar-refractivity contribution is -0.0174. The molecule has 1 aromatic rings. The summed E-state index contributed by atoms with van der Waals surface area (Å²) in [7, 11) is 0. The van der Waals surface area contributed by atoms with E-state index in [0.717, 1.165) is 44.1 Å². The Balaban J connectivity index is 2.16. The van der Waals surface area contributed by atoms with Gasteiger partial charge < -0.3 is 4.74 Å². The third-order valence-electron chi connectivity index (χ3n) is 5.76. The van der Waals surface area contributed by atoms with E-state index in [1.165, 1.54) is 12.0 Å². The number of hydrogen-bond acceptors (Lipinski definition) is 3. The molecule has 1 saturated carbocycles. The molecule has 27 heavy (non-hydrogen) atoms. The van der Waals surface area contributed by atoms with Crippen LogP contribution in [0.25, 0.3) is 5.57 Å². The summed E-state index contributed by atoms with van der Waals surface area (Å²) < 4.78 is 6.00. The van der Waals surface area contributed by atoms with Gasteiger partial charge in [-0.2, -0.15) is 0 Å². The van der Waals surface area contributed by atoms with E-state index < -0.39 is 0 Å². The minimum absolute atomic E-state index is 0.0238. The van der Waals surface area contributed by atoms with Crippen molar-refractivity contribution in [3.05, 3.63) is 35.7 Å². The molecule has 0 amide bonds. The van der Waals surface area contributed by atoms with Gasteiger partial charge in [0.05, 0.1) is 5.56 Å². The summed E-state index contributed by atoms with van der Waals surface area (Å²) in [5.41, 5.74) is 2.91. The molecule has 0 saturated heterocycles. The Morgan fingerprint density at radius 3 is 2.63 bits per heavy atom. The summed E-state index contributed by atoms with van der Waals surface area (Å²) in [6, 6.07) is 1.96. The Hall–Kier alpha value is -1.64. The van der Waals surface area contributed by atoms with Gasteiger partial charge >= 0.3 is 5.97 Å². The first-order valence-corrected chi connectivity index (χ1v) is 10.8.